The third-order valence-electron chi connectivity index (χ3n) is 3.62. The van der Waals surface area contributed by atoms with E-state index in [-0.39, 0.29) is 22.2 Å². The van der Waals surface area contributed by atoms with Crippen molar-refractivity contribution < 1.29 is 14.6 Å². The van der Waals surface area contributed by atoms with Crippen molar-refractivity contribution in [1.82, 2.24) is 20.4 Å². The maximum absolute atomic E-state index is 12.3. The van der Waals surface area contributed by atoms with Crippen molar-refractivity contribution in [3.63, 3.8) is 0 Å². The Kier molecular flexibility index (Phi) is 5.93. The summed E-state index contributed by atoms with van der Waals surface area (Å²) in [5.74, 6) is -0.970. The largest absolute Gasteiger partial charge is 0.355 e. The highest BCUT2D eigenvalue weighted by Crippen LogP contribution is 2.30. The van der Waals surface area contributed by atoms with Gasteiger partial charge in [0.1, 0.15) is 17.2 Å². The fraction of sp³-hybridized carbons (Fsp3) is 0. The molecule has 14 heteroatoms. The molecule has 0 bridgehead atoms. The molecule has 0 saturated heterocycles. The number of amides is 1. The summed E-state index contributed by atoms with van der Waals surface area (Å²) in [4.78, 5) is 44.9. The van der Waals surface area contributed by atoms with Gasteiger partial charge in [-0.1, -0.05) is 17.7 Å². The average Bonchev–Trinajstić information content (AvgIpc) is 2.72. The van der Waals surface area contributed by atoms with Crippen molar-refractivity contribution in [3.05, 3.63) is 79.7 Å². The number of nitro groups is 2. The zero-order valence-corrected chi connectivity index (χ0v) is 15.5. The number of hydrazine groups is 1. The molecule has 152 valence electrons. The van der Waals surface area contributed by atoms with E-state index in [1.807, 2.05) is 0 Å². The Labute approximate surface area is 172 Å². The first kappa shape index (κ1) is 20.3. The first-order chi connectivity index (χ1) is 14.4. The molecule has 0 atom stereocenters. The molecule has 3 aromatic rings. The van der Waals surface area contributed by atoms with Crippen LogP contribution in [0.25, 0.3) is 0 Å². The predicted molar refractivity (Wildman–Crippen MR) is 105 cm³/mol. The Morgan fingerprint density at radius 2 is 1.77 bits per heavy atom. The lowest BCUT2D eigenvalue weighted by Gasteiger charge is -2.10. The van der Waals surface area contributed by atoms with Gasteiger partial charge in [0.05, 0.1) is 9.85 Å². The molecule has 2 aromatic heterocycles. The number of aromatic nitrogens is 3. The lowest BCUT2D eigenvalue weighted by molar-refractivity contribution is -0.384. The zero-order valence-electron chi connectivity index (χ0n) is 14.8. The highest BCUT2D eigenvalue weighted by molar-refractivity contribution is 6.32. The van der Waals surface area contributed by atoms with Gasteiger partial charge < -0.3 is 5.32 Å². The van der Waals surface area contributed by atoms with Crippen molar-refractivity contribution in [2.24, 2.45) is 0 Å². The number of anilines is 3. The van der Waals surface area contributed by atoms with E-state index >= 15 is 0 Å². The summed E-state index contributed by atoms with van der Waals surface area (Å²) in [5.41, 5.74) is 3.42. The van der Waals surface area contributed by atoms with E-state index < -0.39 is 27.1 Å². The number of halogens is 1. The molecule has 0 unspecified atom stereocenters. The van der Waals surface area contributed by atoms with Crippen LogP contribution in [0.2, 0.25) is 5.02 Å². The number of rotatable bonds is 7. The molecule has 1 aromatic carbocycles. The van der Waals surface area contributed by atoms with E-state index in [0.717, 1.165) is 12.4 Å². The highest BCUT2D eigenvalue weighted by atomic mass is 35.5. The van der Waals surface area contributed by atoms with Crippen molar-refractivity contribution in [1.29, 1.82) is 0 Å². The molecule has 0 radical (unpaired) electrons. The zero-order chi connectivity index (χ0) is 21.7. The number of nitrogens with zero attached hydrogens (tertiary/aromatic N) is 5. The van der Waals surface area contributed by atoms with Crippen molar-refractivity contribution in [3.8, 4) is 0 Å². The average molecular weight is 431 g/mol. The minimum atomic E-state index is -0.804. The van der Waals surface area contributed by atoms with Crippen LogP contribution in [0.3, 0.4) is 0 Å². The van der Waals surface area contributed by atoms with Gasteiger partial charge in [0.15, 0.2) is 0 Å². The minimum Gasteiger partial charge on any atom is -0.319 e. The highest BCUT2D eigenvalue weighted by Gasteiger charge is 2.24. The van der Waals surface area contributed by atoms with Crippen LogP contribution in [-0.4, -0.2) is 30.7 Å². The number of nitrogens with one attached hydrogen (secondary N) is 3. The summed E-state index contributed by atoms with van der Waals surface area (Å²) in [6.45, 7) is 0. The van der Waals surface area contributed by atoms with E-state index in [1.54, 1.807) is 18.2 Å². The van der Waals surface area contributed by atoms with Gasteiger partial charge >= 0.3 is 5.69 Å². The van der Waals surface area contributed by atoms with Crippen LogP contribution >= 0.6 is 11.6 Å². The minimum absolute atomic E-state index is 0.0952. The monoisotopic (exact) mass is 430 g/mol. The molecule has 0 fully saturated rings. The Bertz CT molecular complexity index is 1130. The molecule has 3 rings (SSSR count). The molecule has 2 heterocycles. The predicted octanol–water partition coefficient (Wildman–Crippen LogP) is 2.84. The van der Waals surface area contributed by atoms with Crippen LogP contribution in [0.4, 0.5) is 28.8 Å². The summed E-state index contributed by atoms with van der Waals surface area (Å²) in [6.07, 6.45) is 2.53. The fourth-order valence-corrected chi connectivity index (χ4v) is 2.46. The third-order valence-corrected chi connectivity index (χ3v) is 3.94. The van der Waals surface area contributed by atoms with E-state index in [0.29, 0.717) is 5.82 Å². The number of hydrogen-bond donors (Lipinski definition) is 3. The van der Waals surface area contributed by atoms with Crippen LogP contribution in [0, 0.1) is 20.2 Å². The number of carbonyl (C=O) groups excluding carboxylic acids is 1. The molecule has 3 N–H and O–H groups in total. The summed E-state index contributed by atoms with van der Waals surface area (Å²) < 4.78 is 0. The van der Waals surface area contributed by atoms with Crippen molar-refractivity contribution in [2.45, 2.75) is 0 Å². The lowest BCUT2D eigenvalue weighted by Crippen LogP contribution is -2.30. The maximum Gasteiger partial charge on any atom is 0.355 e. The second-order valence-electron chi connectivity index (χ2n) is 5.52. The molecule has 0 aliphatic carbocycles. The normalized spacial score (nSPS) is 10.2. The van der Waals surface area contributed by atoms with Gasteiger partial charge in [-0.05, 0) is 24.3 Å². The lowest BCUT2D eigenvalue weighted by atomic mass is 10.2. The Morgan fingerprint density at radius 3 is 2.43 bits per heavy atom. The number of carbonyl (C=O) groups is 1. The van der Waals surface area contributed by atoms with E-state index in [4.69, 9.17) is 11.6 Å². The topological polar surface area (TPSA) is 178 Å². The first-order valence-electron chi connectivity index (χ1n) is 8.04. The van der Waals surface area contributed by atoms with Crippen molar-refractivity contribution in [2.75, 3.05) is 10.7 Å². The Balaban J connectivity index is 1.82. The molecule has 1 amide bonds. The SMILES string of the molecule is O=C(NNc1ncnc(Nc2ccccn2)c1[N+](=O)[O-])c1ccc(Cl)c([N+](=O)[O-])c1. The van der Waals surface area contributed by atoms with Crippen LogP contribution in [0.5, 0.6) is 0 Å². The second kappa shape index (κ2) is 8.74. The van der Waals surface area contributed by atoms with Gasteiger partial charge in [-0.25, -0.2) is 15.0 Å². The van der Waals surface area contributed by atoms with E-state index in [1.165, 1.54) is 18.3 Å². The van der Waals surface area contributed by atoms with Gasteiger partial charge in [0, 0.05) is 17.8 Å². The van der Waals surface area contributed by atoms with Crippen LogP contribution in [0.1, 0.15) is 10.4 Å². The van der Waals surface area contributed by atoms with Gasteiger partial charge in [-0.2, -0.15) is 0 Å². The van der Waals surface area contributed by atoms with Crippen molar-refractivity contribution >= 4 is 46.3 Å². The molecular formula is C16H11ClN8O5. The summed E-state index contributed by atoms with van der Waals surface area (Å²) >= 11 is 5.72. The fourth-order valence-electron chi connectivity index (χ4n) is 2.27. The van der Waals surface area contributed by atoms with Crippen LogP contribution < -0.4 is 16.2 Å². The number of benzene rings is 1. The number of hydrogen-bond acceptors (Lipinski definition) is 10. The summed E-state index contributed by atoms with van der Waals surface area (Å²) in [7, 11) is 0. The van der Waals surface area contributed by atoms with Gasteiger partial charge in [0.2, 0.25) is 11.6 Å². The molecule has 30 heavy (non-hydrogen) atoms. The second-order valence-corrected chi connectivity index (χ2v) is 5.93. The number of pyridine rings is 1. The summed E-state index contributed by atoms with van der Waals surface area (Å²) in [6, 6.07) is 8.34. The quantitative estimate of drug-likeness (QED) is 0.372. The third kappa shape index (κ3) is 4.53. The molecular weight excluding hydrogens is 420 g/mol. The standard InChI is InChI=1S/C16H11ClN8O5/c17-10-5-4-9(7-11(10)24(27)28)16(26)23-22-15-13(25(29)30)14(19-8-20-15)21-12-3-1-2-6-18-12/h1-8H,(H,23,26)(H2,18,19,20,21,22). The van der Waals surface area contributed by atoms with E-state index in [9.17, 15) is 25.0 Å². The van der Waals surface area contributed by atoms with Gasteiger partial charge in [-0.15, -0.1) is 0 Å². The Hall–Kier alpha value is -4.39. The molecule has 0 aliphatic heterocycles. The van der Waals surface area contributed by atoms with E-state index in [2.05, 4.69) is 31.1 Å². The van der Waals surface area contributed by atoms with Crippen LogP contribution in [-0.2, 0) is 0 Å². The van der Waals surface area contributed by atoms with Gasteiger partial charge in [0.25, 0.3) is 11.6 Å². The maximum atomic E-state index is 12.3. The Morgan fingerprint density at radius 1 is 1.00 bits per heavy atom. The number of nitro benzene ring substituents is 1. The molecule has 0 saturated carbocycles. The van der Waals surface area contributed by atoms with Crippen LogP contribution in [0.15, 0.2) is 48.9 Å². The smallest absolute Gasteiger partial charge is 0.319 e. The molecule has 13 nitrogen and oxygen atoms in total. The first-order valence-corrected chi connectivity index (χ1v) is 8.42. The molecule has 0 spiro atoms. The summed E-state index contributed by atoms with van der Waals surface area (Å²) in [5, 5.41) is 25.0. The molecule has 0 aliphatic rings. The van der Waals surface area contributed by atoms with Gasteiger partial charge in [-0.3, -0.25) is 35.9 Å².